The molecule has 144 valence electrons. The first kappa shape index (κ1) is 19.0. The first-order valence-electron chi connectivity index (χ1n) is 8.41. The monoisotopic (exact) mass is 391 g/mol. The highest BCUT2D eigenvalue weighted by Crippen LogP contribution is 2.35. The van der Waals surface area contributed by atoms with Crippen LogP contribution in [-0.4, -0.2) is 40.1 Å². The van der Waals surface area contributed by atoms with Gasteiger partial charge in [0.2, 0.25) is 5.91 Å². The molecule has 1 fully saturated rings. The van der Waals surface area contributed by atoms with E-state index in [0.29, 0.717) is 35.1 Å². The lowest BCUT2D eigenvalue weighted by Crippen LogP contribution is -2.23. The third kappa shape index (κ3) is 4.71. The predicted molar refractivity (Wildman–Crippen MR) is 101 cm³/mol. The van der Waals surface area contributed by atoms with E-state index in [1.807, 2.05) is 0 Å². The molecule has 1 atom stereocenters. The highest BCUT2D eigenvalue weighted by molar-refractivity contribution is 7.91. The molecule has 0 radical (unpaired) electrons. The van der Waals surface area contributed by atoms with Gasteiger partial charge in [-0.25, -0.2) is 8.42 Å². The van der Waals surface area contributed by atoms with Crippen LogP contribution in [0.15, 0.2) is 42.5 Å². The minimum Gasteiger partial charge on any atom is -0.497 e. The van der Waals surface area contributed by atoms with Gasteiger partial charge in [-0.05, 0) is 42.8 Å². The van der Waals surface area contributed by atoms with Crippen LogP contribution in [-0.2, 0) is 14.6 Å². The molecule has 1 aliphatic heterocycles. The summed E-state index contributed by atoms with van der Waals surface area (Å²) in [7, 11) is -0.00423. The Hall–Kier alpha value is -2.74. The maximum Gasteiger partial charge on any atom is 0.228 e. The lowest BCUT2D eigenvalue weighted by molar-refractivity contribution is -0.119. The second-order valence-electron chi connectivity index (χ2n) is 6.23. The topological polar surface area (TPSA) is 90.9 Å². The van der Waals surface area contributed by atoms with Gasteiger partial charge >= 0.3 is 0 Å². The molecular weight excluding hydrogens is 370 g/mol. The summed E-state index contributed by atoms with van der Waals surface area (Å²) in [6, 6.07) is 12.1. The molecule has 0 bridgehead atoms. The van der Waals surface area contributed by atoms with Gasteiger partial charge in [0.1, 0.15) is 11.5 Å². The van der Waals surface area contributed by atoms with Crippen molar-refractivity contribution in [2.75, 3.05) is 31.0 Å². The molecular formula is C19H21NO6S. The van der Waals surface area contributed by atoms with Crippen molar-refractivity contribution in [2.45, 2.75) is 6.42 Å². The molecule has 1 saturated heterocycles. The largest absolute Gasteiger partial charge is 0.497 e. The van der Waals surface area contributed by atoms with Crippen molar-refractivity contribution < 1.29 is 27.4 Å². The maximum atomic E-state index is 12.3. The van der Waals surface area contributed by atoms with E-state index in [0.717, 1.165) is 0 Å². The Morgan fingerprint density at radius 1 is 1.00 bits per heavy atom. The molecule has 1 amide bonds. The molecule has 0 spiro atoms. The third-order valence-electron chi connectivity index (χ3n) is 4.32. The summed E-state index contributed by atoms with van der Waals surface area (Å²) in [5.74, 6) is 1.34. The van der Waals surface area contributed by atoms with Crippen molar-refractivity contribution >= 4 is 21.4 Å². The number of amides is 1. The van der Waals surface area contributed by atoms with E-state index in [1.165, 1.54) is 7.11 Å². The van der Waals surface area contributed by atoms with Crippen molar-refractivity contribution in [3.8, 4) is 23.0 Å². The molecule has 1 N–H and O–H groups in total. The quantitative estimate of drug-likeness (QED) is 0.814. The molecule has 7 nitrogen and oxygen atoms in total. The van der Waals surface area contributed by atoms with Crippen LogP contribution in [0.3, 0.4) is 0 Å². The number of hydrogen-bond donors (Lipinski definition) is 1. The summed E-state index contributed by atoms with van der Waals surface area (Å²) >= 11 is 0. The van der Waals surface area contributed by atoms with Crippen LogP contribution in [0.25, 0.3) is 0 Å². The minimum absolute atomic E-state index is 0.0551. The van der Waals surface area contributed by atoms with Gasteiger partial charge in [0.15, 0.2) is 21.3 Å². The zero-order valence-electron chi connectivity index (χ0n) is 15.1. The second-order valence-corrected chi connectivity index (χ2v) is 8.46. The van der Waals surface area contributed by atoms with Gasteiger partial charge in [0, 0.05) is 11.8 Å². The van der Waals surface area contributed by atoms with E-state index < -0.39 is 15.8 Å². The predicted octanol–water partition coefficient (Wildman–Crippen LogP) is 2.87. The molecule has 2 aromatic rings. The second kappa shape index (κ2) is 7.87. The number of sulfone groups is 1. The summed E-state index contributed by atoms with van der Waals surface area (Å²) in [6.07, 6.45) is 0.347. The Balaban J connectivity index is 1.75. The molecule has 27 heavy (non-hydrogen) atoms. The fourth-order valence-electron chi connectivity index (χ4n) is 2.85. The van der Waals surface area contributed by atoms with Crippen LogP contribution < -0.4 is 19.5 Å². The van der Waals surface area contributed by atoms with Gasteiger partial charge in [0.25, 0.3) is 0 Å². The van der Waals surface area contributed by atoms with E-state index in [2.05, 4.69) is 5.32 Å². The van der Waals surface area contributed by atoms with Crippen LogP contribution in [0.4, 0.5) is 5.69 Å². The SMILES string of the molecule is COc1ccc(Oc2cc(NC(=O)C3CCS(=O)(=O)C3)ccc2OC)cc1. The van der Waals surface area contributed by atoms with Crippen LogP contribution in [0.2, 0.25) is 0 Å². The number of hydrogen-bond acceptors (Lipinski definition) is 6. The number of nitrogens with one attached hydrogen (secondary N) is 1. The highest BCUT2D eigenvalue weighted by Gasteiger charge is 2.33. The number of anilines is 1. The Morgan fingerprint density at radius 3 is 2.30 bits per heavy atom. The third-order valence-corrected chi connectivity index (χ3v) is 6.09. The summed E-state index contributed by atoms with van der Waals surface area (Å²) in [6.45, 7) is 0. The van der Waals surface area contributed by atoms with Gasteiger partial charge in [-0.15, -0.1) is 0 Å². The average Bonchev–Trinajstić information content (AvgIpc) is 3.03. The summed E-state index contributed by atoms with van der Waals surface area (Å²) in [5.41, 5.74) is 0.508. The summed E-state index contributed by atoms with van der Waals surface area (Å²) < 4.78 is 39.4. The van der Waals surface area contributed by atoms with Gasteiger partial charge in [-0.1, -0.05) is 0 Å². The smallest absolute Gasteiger partial charge is 0.228 e. The number of benzene rings is 2. The van der Waals surface area contributed by atoms with Gasteiger partial charge in [-0.3, -0.25) is 4.79 Å². The van der Waals surface area contributed by atoms with E-state index in [9.17, 15) is 13.2 Å². The number of ether oxygens (including phenoxy) is 3. The van der Waals surface area contributed by atoms with Crippen LogP contribution >= 0.6 is 0 Å². The van der Waals surface area contributed by atoms with Crippen LogP contribution in [0.1, 0.15) is 6.42 Å². The fraction of sp³-hybridized carbons (Fsp3) is 0.316. The van der Waals surface area contributed by atoms with E-state index >= 15 is 0 Å². The van der Waals surface area contributed by atoms with Crippen LogP contribution in [0.5, 0.6) is 23.0 Å². The van der Waals surface area contributed by atoms with Crippen molar-refractivity contribution in [1.29, 1.82) is 0 Å². The molecule has 0 aromatic heterocycles. The number of carbonyl (C=O) groups excluding carboxylic acids is 1. The number of carbonyl (C=O) groups is 1. The highest BCUT2D eigenvalue weighted by atomic mass is 32.2. The first-order chi connectivity index (χ1) is 12.9. The molecule has 0 saturated carbocycles. The van der Waals surface area contributed by atoms with E-state index in [-0.39, 0.29) is 17.4 Å². The Kier molecular flexibility index (Phi) is 5.55. The van der Waals surface area contributed by atoms with Gasteiger partial charge < -0.3 is 19.5 Å². The van der Waals surface area contributed by atoms with Crippen molar-refractivity contribution in [1.82, 2.24) is 0 Å². The molecule has 8 heteroatoms. The first-order valence-corrected chi connectivity index (χ1v) is 10.2. The van der Waals surface area contributed by atoms with E-state index in [4.69, 9.17) is 14.2 Å². The van der Waals surface area contributed by atoms with Crippen LogP contribution in [0, 0.1) is 5.92 Å². The minimum atomic E-state index is -3.11. The maximum absolute atomic E-state index is 12.3. The standard InChI is InChI=1S/C19H21NO6S/c1-24-15-4-6-16(7-5-15)26-18-11-14(3-8-17(18)25-2)20-19(21)13-9-10-27(22,23)12-13/h3-8,11,13H,9-10,12H2,1-2H3,(H,20,21). The Labute approximate surface area is 158 Å². The van der Waals surface area contributed by atoms with E-state index in [1.54, 1.807) is 49.6 Å². The van der Waals surface area contributed by atoms with Crippen molar-refractivity contribution in [3.63, 3.8) is 0 Å². The van der Waals surface area contributed by atoms with Crippen molar-refractivity contribution in [2.24, 2.45) is 5.92 Å². The molecule has 3 rings (SSSR count). The molecule has 1 heterocycles. The molecule has 1 aliphatic rings. The molecule has 2 aromatic carbocycles. The van der Waals surface area contributed by atoms with Gasteiger partial charge in [0.05, 0.1) is 31.6 Å². The lowest BCUT2D eigenvalue weighted by atomic mass is 10.1. The Bertz CT molecular complexity index is 924. The normalized spacial score (nSPS) is 17.9. The summed E-state index contributed by atoms with van der Waals surface area (Å²) in [5, 5.41) is 2.76. The summed E-state index contributed by atoms with van der Waals surface area (Å²) in [4.78, 5) is 12.3. The lowest BCUT2D eigenvalue weighted by Gasteiger charge is -2.14. The molecule has 1 unspecified atom stereocenters. The fourth-order valence-corrected chi connectivity index (χ4v) is 4.59. The average molecular weight is 391 g/mol. The zero-order valence-corrected chi connectivity index (χ0v) is 15.9. The zero-order chi connectivity index (χ0) is 19.4. The number of rotatable bonds is 6. The molecule has 0 aliphatic carbocycles. The van der Waals surface area contributed by atoms with Crippen molar-refractivity contribution in [3.05, 3.63) is 42.5 Å². The Morgan fingerprint density at radius 2 is 1.70 bits per heavy atom. The number of methoxy groups -OCH3 is 2. The van der Waals surface area contributed by atoms with Gasteiger partial charge in [-0.2, -0.15) is 0 Å².